The van der Waals surface area contributed by atoms with Crippen LogP contribution in [0.5, 0.6) is 5.75 Å². The standard InChI is InChI=1S/C10H15NO.ClH/c1-6-4-7(2)10(12)9(5-11)8(6)3;/h4,12H,5,11H2,1-3H3;1H. The van der Waals surface area contributed by atoms with Gasteiger partial charge in [-0.25, -0.2) is 0 Å². The van der Waals surface area contributed by atoms with Gasteiger partial charge in [0, 0.05) is 12.1 Å². The van der Waals surface area contributed by atoms with Crippen molar-refractivity contribution in [3.63, 3.8) is 0 Å². The van der Waals surface area contributed by atoms with E-state index in [1.54, 1.807) is 0 Å². The first-order chi connectivity index (χ1) is 5.57. The summed E-state index contributed by atoms with van der Waals surface area (Å²) in [5, 5.41) is 9.62. The van der Waals surface area contributed by atoms with E-state index in [0.29, 0.717) is 12.3 Å². The zero-order valence-corrected chi connectivity index (χ0v) is 9.03. The van der Waals surface area contributed by atoms with Crippen LogP contribution in [-0.2, 0) is 6.54 Å². The van der Waals surface area contributed by atoms with Crippen LogP contribution in [0.15, 0.2) is 6.07 Å². The van der Waals surface area contributed by atoms with Crippen LogP contribution in [0.25, 0.3) is 0 Å². The molecule has 0 amide bonds. The zero-order chi connectivity index (χ0) is 9.30. The molecule has 0 radical (unpaired) electrons. The number of phenolic OH excluding ortho intramolecular Hbond substituents is 1. The van der Waals surface area contributed by atoms with Crippen LogP contribution in [0, 0.1) is 20.8 Å². The lowest BCUT2D eigenvalue weighted by atomic mass is 9.99. The van der Waals surface area contributed by atoms with Crippen molar-refractivity contribution in [1.29, 1.82) is 0 Å². The summed E-state index contributed by atoms with van der Waals surface area (Å²) < 4.78 is 0. The highest BCUT2D eigenvalue weighted by molar-refractivity contribution is 5.85. The maximum absolute atomic E-state index is 9.62. The molecule has 0 aliphatic carbocycles. The Hall–Kier alpha value is -0.730. The molecule has 2 nitrogen and oxygen atoms in total. The lowest BCUT2D eigenvalue weighted by Crippen LogP contribution is -2.02. The summed E-state index contributed by atoms with van der Waals surface area (Å²) >= 11 is 0. The first kappa shape index (κ1) is 12.3. The number of benzene rings is 1. The summed E-state index contributed by atoms with van der Waals surface area (Å²) in [6, 6.07) is 1.98. The second-order valence-electron chi connectivity index (χ2n) is 3.17. The Balaban J connectivity index is 0.00000144. The van der Waals surface area contributed by atoms with Crippen molar-refractivity contribution in [2.75, 3.05) is 0 Å². The molecule has 0 aromatic heterocycles. The molecule has 0 bridgehead atoms. The van der Waals surface area contributed by atoms with Gasteiger partial charge in [0.05, 0.1) is 0 Å². The Morgan fingerprint density at radius 2 is 1.77 bits per heavy atom. The first-order valence-corrected chi connectivity index (χ1v) is 4.06. The molecule has 0 aliphatic heterocycles. The van der Waals surface area contributed by atoms with E-state index >= 15 is 0 Å². The van der Waals surface area contributed by atoms with Crippen molar-refractivity contribution in [2.24, 2.45) is 5.73 Å². The second-order valence-corrected chi connectivity index (χ2v) is 3.17. The molecule has 13 heavy (non-hydrogen) atoms. The number of hydrogen-bond donors (Lipinski definition) is 2. The molecule has 0 heterocycles. The van der Waals surface area contributed by atoms with Crippen molar-refractivity contribution in [3.05, 3.63) is 28.3 Å². The normalized spacial score (nSPS) is 9.54. The number of aromatic hydroxyl groups is 1. The first-order valence-electron chi connectivity index (χ1n) is 4.06. The van der Waals surface area contributed by atoms with Crippen LogP contribution >= 0.6 is 12.4 Å². The summed E-state index contributed by atoms with van der Waals surface area (Å²) in [6.45, 7) is 6.30. The van der Waals surface area contributed by atoms with Crippen molar-refractivity contribution < 1.29 is 5.11 Å². The molecule has 3 heteroatoms. The SMILES string of the molecule is Cc1cc(C)c(O)c(CN)c1C.Cl. The fourth-order valence-corrected chi connectivity index (χ4v) is 1.40. The predicted molar refractivity (Wildman–Crippen MR) is 57.5 cm³/mol. The molecule has 0 saturated heterocycles. The number of aryl methyl sites for hydroxylation is 2. The Morgan fingerprint density at radius 1 is 1.23 bits per heavy atom. The van der Waals surface area contributed by atoms with Crippen molar-refractivity contribution in [1.82, 2.24) is 0 Å². The molecule has 0 atom stereocenters. The third kappa shape index (κ3) is 2.14. The summed E-state index contributed by atoms with van der Waals surface area (Å²) in [5.74, 6) is 0.348. The molecule has 0 fully saturated rings. The van der Waals surface area contributed by atoms with Crippen molar-refractivity contribution in [3.8, 4) is 5.75 Å². The minimum Gasteiger partial charge on any atom is -0.507 e. The molecule has 1 rings (SSSR count). The Labute approximate surface area is 85.2 Å². The van der Waals surface area contributed by atoms with E-state index in [4.69, 9.17) is 5.73 Å². The van der Waals surface area contributed by atoms with Gasteiger partial charge in [-0.1, -0.05) is 6.07 Å². The van der Waals surface area contributed by atoms with E-state index < -0.39 is 0 Å². The number of phenols is 1. The zero-order valence-electron chi connectivity index (χ0n) is 8.22. The number of hydrogen-bond acceptors (Lipinski definition) is 2. The summed E-state index contributed by atoms with van der Waals surface area (Å²) in [6.07, 6.45) is 0. The highest BCUT2D eigenvalue weighted by Gasteiger charge is 2.08. The largest absolute Gasteiger partial charge is 0.507 e. The molecule has 74 valence electrons. The fraction of sp³-hybridized carbons (Fsp3) is 0.400. The Morgan fingerprint density at radius 3 is 2.23 bits per heavy atom. The fourth-order valence-electron chi connectivity index (χ4n) is 1.40. The smallest absolute Gasteiger partial charge is 0.123 e. The second kappa shape index (κ2) is 4.49. The van der Waals surface area contributed by atoms with Gasteiger partial charge in [0.1, 0.15) is 5.75 Å². The topological polar surface area (TPSA) is 46.2 Å². The van der Waals surface area contributed by atoms with Gasteiger partial charge in [0.15, 0.2) is 0 Å². The van der Waals surface area contributed by atoms with Crippen LogP contribution < -0.4 is 5.73 Å². The van der Waals surface area contributed by atoms with Gasteiger partial charge >= 0.3 is 0 Å². The van der Waals surface area contributed by atoms with E-state index in [1.807, 2.05) is 26.8 Å². The molecule has 0 spiro atoms. The van der Waals surface area contributed by atoms with Crippen LogP contribution in [0.1, 0.15) is 22.3 Å². The highest BCUT2D eigenvalue weighted by Crippen LogP contribution is 2.27. The van der Waals surface area contributed by atoms with Gasteiger partial charge in [-0.2, -0.15) is 0 Å². The van der Waals surface area contributed by atoms with E-state index in [9.17, 15) is 5.11 Å². The monoisotopic (exact) mass is 201 g/mol. The summed E-state index contributed by atoms with van der Waals surface area (Å²) in [7, 11) is 0. The van der Waals surface area contributed by atoms with Gasteiger partial charge < -0.3 is 10.8 Å². The van der Waals surface area contributed by atoms with Gasteiger partial charge in [-0.15, -0.1) is 12.4 Å². The molecule has 1 aromatic carbocycles. The van der Waals surface area contributed by atoms with Crippen LogP contribution in [0.2, 0.25) is 0 Å². The van der Waals surface area contributed by atoms with E-state index in [1.165, 1.54) is 5.56 Å². The van der Waals surface area contributed by atoms with Gasteiger partial charge in [-0.3, -0.25) is 0 Å². The van der Waals surface area contributed by atoms with Crippen LogP contribution in [0.3, 0.4) is 0 Å². The quantitative estimate of drug-likeness (QED) is 0.732. The molecule has 1 aromatic rings. The third-order valence-electron chi connectivity index (χ3n) is 2.34. The summed E-state index contributed by atoms with van der Waals surface area (Å²) in [4.78, 5) is 0. The number of rotatable bonds is 1. The number of nitrogens with two attached hydrogens (primary N) is 1. The Kier molecular flexibility index (Phi) is 4.24. The van der Waals surface area contributed by atoms with E-state index in [0.717, 1.165) is 16.7 Å². The Bertz CT molecular complexity index is 284. The summed E-state index contributed by atoms with van der Waals surface area (Å²) in [5.41, 5.74) is 9.58. The minimum absolute atomic E-state index is 0. The predicted octanol–water partition coefficient (Wildman–Crippen LogP) is 2.20. The van der Waals surface area contributed by atoms with Crippen molar-refractivity contribution >= 4 is 12.4 Å². The van der Waals surface area contributed by atoms with Crippen LogP contribution in [0.4, 0.5) is 0 Å². The molecule has 0 saturated carbocycles. The van der Waals surface area contributed by atoms with E-state index in [-0.39, 0.29) is 12.4 Å². The van der Waals surface area contributed by atoms with Crippen LogP contribution in [-0.4, -0.2) is 5.11 Å². The average molecular weight is 202 g/mol. The van der Waals surface area contributed by atoms with Gasteiger partial charge in [0.25, 0.3) is 0 Å². The molecular weight excluding hydrogens is 186 g/mol. The van der Waals surface area contributed by atoms with Gasteiger partial charge in [0.2, 0.25) is 0 Å². The number of halogens is 1. The molecule has 3 N–H and O–H groups in total. The lowest BCUT2D eigenvalue weighted by molar-refractivity contribution is 0.463. The third-order valence-corrected chi connectivity index (χ3v) is 2.34. The average Bonchev–Trinajstić information content (AvgIpc) is 2.02. The lowest BCUT2D eigenvalue weighted by Gasteiger charge is -2.11. The molecule has 0 aliphatic rings. The maximum atomic E-state index is 9.62. The van der Waals surface area contributed by atoms with Gasteiger partial charge in [-0.05, 0) is 37.5 Å². The minimum atomic E-state index is 0. The molecule has 0 unspecified atom stereocenters. The maximum Gasteiger partial charge on any atom is 0.123 e. The molecular formula is C10H16ClNO. The highest BCUT2D eigenvalue weighted by atomic mass is 35.5. The van der Waals surface area contributed by atoms with Crippen molar-refractivity contribution in [2.45, 2.75) is 27.3 Å². The van der Waals surface area contributed by atoms with E-state index in [2.05, 4.69) is 0 Å².